The van der Waals surface area contributed by atoms with Crippen LogP contribution >= 0.6 is 0 Å². The maximum absolute atomic E-state index is 14.5. The fraction of sp³-hybridized carbons (Fsp3) is 0.412. The number of aliphatic hydroxyl groups is 1. The number of aliphatic hydroxyl groups excluding tert-OH is 1. The Balaban J connectivity index is 1.65. The maximum atomic E-state index is 14.5. The number of hydrogen-bond acceptors (Lipinski definition) is 7. The summed E-state index contributed by atoms with van der Waals surface area (Å²) >= 11 is 0. The average Bonchev–Trinajstić information content (AvgIpc) is 3.03. The summed E-state index contributed by atoms with van der Waals surface area (Å²) < 4.78 is 66.2. The van der Waals surface area contributed by atoms with Crippen molar-refractivity contribution in [1.82, 2.24) is 5.32 Å². The molecule has 254 valence electrons. The highest BCUT2D eigenvalue weighted by Gasteiger charge is 2.30. The van der Waals surface area contributed by atoms with Gasteiger partial charge in [-0.1, -0.05) is 0 Å². The second-order valence-corrected chi connectivity index (χ2v) is 14.4. The van der Waals surface area contributed by atoms with Gasteiger partial charge in [0.1, 0.15) is 30.1 Å². The van der Waals surface area contributed by atoms with Crippen LogP contribution in [0.5, 0.6) is 5.75 Å². The number of anilines is 2. The van der Waals surface area contributed by atoms with E-state index in [1.54, 1.807) is 32.0 Å². The van der Waals surface area contributed by atoms with Crippen molar-refractivity contribution < 1.29 is 41.4 Å². The Hall–Kier alpha value is -4.07. The highest BCUT2D eigenvalue weighted by Crippen LogP contribution is 2.26. The molecular formula is C34H41F2N3O7S. The molecule has 13 heteroatoms. The molecule has 2 amide bonds. The van der Waals surface area contributed by atoms with Crippen molar-refractivity contribution in [2.75, 3.05) is 30.4 Å². The zero-order valence-electron chi connectivity index (χ0n) is 26.8. The predicted molar refractivity (Wildman–Crippen MR) is 175 cm³/mol. The van der Waals surface area contributed by atoms with Crippen molar-refractivity contribution >= 4 is 33.2 Å². The molecule has 3 N–H and O–H groups in total. The summed E-state index contributed by atoms with van der Waals surface area (Å²) in [5.74, 6) is -1.98. The van der Waals surface area contributed by atoms with Gasteiger partial charge in [0.05, 0.1) is 23.1 Å². The summed E-state index contributed by atoms with van der Waals surface area (Å²) in [6, 6.07) is 13.2. The third kappa shape index (κ3) is 9.49. The number of halogens is 2. The third-order valence-electron chi connectivity index (χ3n) is 8.05. The van der Waals surface area contributed by atoms with E-state index in [2.05, 4.69) is 10.6 Å². The second kappa shape index (κ2) is 15.7. The molecule has 0 spiro atoms. The van der Waals surface area contributed by atoms with Gasteiger partial charge in [-0.3, -0.25) is 13.9 Å². The van der Waals surface area contributed by atoms with Crippen molar-refractivity contribution in [2.45, 2.75) is 69.5 Å². The van der Waals surface area contributed by atoms with Gasteiger partial charge in [-0.05, 0) is 105 Å². The summed E-state index contributed by atoms with van der Waals surface area (Å²) in [6.07, 6.45) is -0.344. The van der Waals surface area contributed by atoms with E-state index in [-0.39, 0.29) is 24.3 Å². The lowest BCUT2D eigenvalue weighted by Crippen LogP contribution is -2.49. The van der Waals surface area contributed by atoms with Crippen molar-refractivity contribution in [2.24, 2.45) is 0 Å². The van der Waals surface area contributed by atoms with Crippen LogP contribution in [0.15, 0.2) is 60.7 Å². The first-order valence-corrected chi connectivity index (χ1v) is 16.9. The van der Waals surface area contributed by atoms with Gasteiger partial charge in [0, 0.05) is 37.9 Å². The van der Waals surface area contributed by atoms with Gasteiger partial charge in [0.25, 0.3) is 11.8 Å². The van der Waals surface area contributed by atoms with Gasteiger partial charge >= 0.3 is 0 Å². The highest BCUT2D eigenvalue weighted by molar-refractivity contribution is 7.93. The lowest BCUT2D eigenvalue weighted by Gasteiger charge is -2.27. The molecule has 10 nitrogen and oxygen atoms in total. The van der Waals surface area contributed by atoms with Gasteiger partial charge in [0.15, 0.2) is 0 Å². The Kier molecular flexibility index (Phi) is 11.9. The molecule has 0 saturated carbocycles. The number of methoxy groups -OCH3 is 1. The molecule has 3 aromatic carbocycles. The normalized spacial score (nSPS) is 17.0. The number of aryl methyl sites for hydroxylation is 2. The van der Waals surface area contributed by atoms with Gasteiger partial charge in [-0.25, -0.2) is 17.2 Å². The van der Waals surface area contributed by atoms with Crippen LogP contribution in [0.3, 0.4) is 0 Å². The molecule has 0 unspecified atom stereocenters. The molecule has 1 heterocycles. The van der Waals surface area contributed by atoms with Crippen LogP contribution in [-0.4, -0.2) is 69.6 Å². The monoisotopic (exact) mass is 673 g/mol. The zero-order chi connectivity index (χ0) is 34.3. The predicted octanol–water partition coefficient (Wildman–Crippen LogP) is 4.60. The number of carbonyl (C=O) groups excluding carboxylic acids is 2. The average molecular weight is 674 g/mol. The van der Waals surface area contributed by atoms with Crippen LogP contribution in [0.4, 0.5) is 20.2 Å². The number of nitrogens with one attached hydrogen (secondary N) is 2. The standard InChI is InChI=1S/C34H41F2N3O7S/c1-21(2)47(43,44)39(3)28-15-22-7-5-6-8-23-14-26(36)18-29(16-23)46-20-30(38-33(41)24(13-22)17-28)31(40)19-32(45-4)34(42)37-27-11-9-25(35)10-12-27/h9-18,21,30-32,40H,5-8,19-20H2,1-4H3,(H,37,42)(H,38,41)/t30-,31-,32+/m0/s1. The zero-order valence-corrected chi connectivity index (χ0v) is 27.7. The summed E-state index contributed by atoms with van der Waals surface area (Å²) in [4.78, 5) is 26.7. The molecule has 3 atom stereocenters. The number of hydrogen-bond donors (Lipinski definition) is 3. The van der Waals surface area contributed by atoms with Crippen molar-refractivity contribution in [1.29, 1.82) is 0 Å². The van der Waals surface area contributed by atoms with E-state index in [1.165, 1.54) is 56.6 Å². The number of ether oxygens (including phenoxy) is 2. The fourth-order valence-corrected chi connectivity index (χ4v) is 6.27. The topological polar surface area (TPSA) is 134 Å². The van der Waals surface area contributed by atoms with Gasteiger partial charge < -0.3 is 25.2 Å². The quantitative estimate of drug-likeness (QED) is 0.302. The molecule has 1 aliphatic heterocycles. The van der Waals surface area contributed by atoms with E-state index in [0.29, 0.717) is 42.6 Å². The van der Waals surface area contributed by atoms with E-state index in [0.717, 1.165) is 9.87 Å². The number of amides is 2. The summed E-state index contributed by atoms with van der Waals surface area (Å²) in [5.41, 5.74) is 2.24. The number of fused-ring (bicyclic) bond motifs is 4. The van der Waals surface area contributed by atoms with E-state index in [4.69, 9.17) is 9.47 Å². The van der Waals surface area contributed by atoms with Crippen LogP contribution in [-0.2, 0) is 32.4 Å². The number of sulfonamides is 1. The molecule has 4 rings (SSSR count). The van der Waals surface area contributed by atoms with Gasteiger partial charge in [-0.2, -0.15) is 0 Å². The van der Waals surface area contributed by atoms with Crippen LogP contribution < -0.4 is 19.7 Å². The van der Waals surface area contributed by atoms with Crippen LogP contribution in [0.2, 0.25) is 0 Å². The first-order valence-electron chi connectivity index (χ1n) is 15.4. The fourth-order valence-electron chi connectivity index (χ4n) is 5.24. The second-order valence-electron chi connectivity index (χ2n) is 11.9. The SMILES string of the molecule is CO[C@H](C[C@H](O)[C@@H]1COc2cc(F)cc(c2)CCCCc2cc(cc(N(C)S(=O)(=O)C(C)C)c2)C(=O)N1)C(=O)Nc1ccc(F)cc1. The number of nitrogens with zero attached hydrogens (tertiary/aromatic N) is 1. The van der Waals surface area contributed by atoms with E-state index < -0.39 is 57.0 Å². The van der Waals surface area contributed by atoms with Crippen LogP contribution in [0, 0.1) is 11.6 Å². The van der Waals surface area contributed by atoms with Gasteiger partial charge in [-0.15, -0.1) is 0 Å². The highest BCUT2D eigenvalue weighted by atomic mass is 32.2. The van der Waals surface area contributed by atoms with E-state index >= 15 is 0 Å². The molecule has 1 aliphatic rings. The minimum Gasteiger partial charge on any atom is -0.491 e. The van der Waals surface area contributed by atoms with Crippen molar-refractivity contribution in [3.05, 3.63) is 89.0 Å². The lowest BCUT2D eigenvalue weighted by molar-refractivity contribution is -0.127. The van der Waals surface area contributed by atoms with Crippen molar-refractivity contribution in [3.63, 3.8) is 0 Å². The molecule has 3 aromatic rings. The molecule has 4 bridgehead atoms. The maximum Gasteiger partial charge on any atom is 0.253 e. The first-order chi connectivity index (χ1) is 22.3. The Morgan fingerprint density at radius 1 is 1.04 bits per heavy atom. The largest absolute Gasteiger partial charge is 0.491 e. The Bertz CT molecular complexity index is 1670. The number of rotatable bonds is 9. The Labute approximate surface area is 274 Å². The lowest BCUT2D eigenvalue weighted by atomic mass is 10.0. The molecule has 0 radical (unpaired) electrons. The van der Waals surface area contributed by atoms with Gasteiger partial charge in [0.2, 0.25) is 10.0 Å². The summed E-state index contributed by atoms with van der Waals surface area (Å²) in [5, 5.41) is 16.0. The summed E-state index contributed by atoms with van der Waals surface area (Å²) in [6.45, 7) is 2.85. The van der Waals surface area contributed by atoms with Crippen LogP contribution in [0.1, 0.15) is 54.6 Å². The molecule has 47 heavy (non-hydrogen) atoms. The number of benzene rings is 3. The number of carbonyl (C=O) groups is 2. The van der Waals surface area contributed by atoms with Crippen LogP contribution in [0.25, 0.3) is 0 Å². The van der Waals surface area contributed by atoms with Crippen molar-refractivity contribution in [3.8, 4) is 5.75 Å². The molecule has 0 fully saturated rings. The third-order valence-corrected chi connectivity index (χ3v) is 10.2. The Morgan fingerprint density at radius 2 is 1.70 bits per heavy atom. The van der Waals surface area contributed by atoms with E-state index in [1.807, 2.05) is 0 Å². The molecule has 0 aromatic heterocycles. The smallest absolute Gasteiger partial charge is 0.253 e. The van der Waals surface area contributed by atoms with E-state index in [9.17, 15) is 31.9 Å². The minimum atomic E-state index is -3.70. The summed E-state index contributed by atoms with van der Waals surface area (Å²) in [7, 11) is -0.983. The first kappa shape index (κ1) is 35.8. The Morgan fingerprint density at radius 3 is 2.34 bits per heavy atom. The molecular weight excluding hydrogens is 632 g/mol. The minimum absolute atomic E-state index is 0.166. The molecule has 0 saturated heterocycles. The molecule has 0 aliphatic carbocycles.